The van der Waals surface area contributed by atoms with Crippen molar-refractivity contribution in [3.05, 3.63) is 0 Å². The Labute approximate surface area is 87.2 Å². The van der Waals surface area contributed by atoms with Gasteiger partial charge >= 0.3 is 0 Å². The SMILES string of the molecule is CC1(C)CC[C@@H](N)[C@]2(CCCCO2)C1. The fourth-order valence-electron chi connectivity index (χ4n) is 3.14. The molecule has 82 valence electrons. The van der Waals surface area contributed by atoms with E-state index in [2.05, 4.69) is 13.8 Å². The van der Waals surface area contributed by atoms with Crippen molar-refractivity contribution < 1.29 is 4.74 Å². The standard InChI is InChI=1S/C12H23NO/c1-11(2)7-5-10(13)12(9-11)6-3-4-8-14-12/h10H,3-9,13H2,1-2H3/t10-,12+/m1/s1. The van der Waals surface area contributed by atoms with Gasteiger partial charge in [-0.2, -0.15) is 0 Å². The molecular formula is C12H23NO. The van der Waals surface area contributed by atoms with Gasteiger partial charge in [-0.3, -0.25) is 0 Å². The maximum Gasteiger partial charge on any atom is 0.0837 e. The summed E-state index contributed by atoms with van der Waals surface area (Å²) in [6.07, 6.45) is 7.23. The molecule has 2 rings (SSSR count). The Bertz CT molecular complexity index is 206. The maximum absolute atomic E-state index is 6.24. The van der Waals surface area contributed by atoms with Crippen LogP contribution in [0, 0.1) is 5.41 Å². The molecule has 0 aromatic carbocycles. The molecule has 0 amide bonds. The summed E-state index contributed by atoms with van der Waals surface area (Å²) in [4.78, 5) is 0. The molecule has 1 saturated carbocycles. The van der Waals surface area contributed by atoms with Crippen LogP contribution in [0.1, 0.15) is 52.4 Å². The minimum atomic E-state index is 0.0278. The molecule has 0 aromatic heterocycles. The molecule has 0 aromatic rings. The van der Waals surface area contributed by atoms with Gasteiger partial charge in [-0.1, -0.05) is 13.8 Å². The predicted molar refractivity (Wildman–Crippen MR) is 58.1 cm³/mol. The van der Waals surface area contributed by atoms with Gasteiger partial charge in [0.15, 0.2) is 0 Å². The molecule has 14 heavy (non-hydrogen) atoms. The van der Waals surface area contributed by atoms with Gasteiger partial charge in [-0.25, -0.2) is 0 Å². The highest BCUT2D eigenvalue weighted by atomic mass is 16.5. The highest BCUT2D eigenvalue weighted by Gasteiger charge is 2.46. The summed E-state index contributed by atoms with van der Waals surface area (Å²) in [6.45, 7) is 5.61. The Hall–Kier alpha value is -0.0800. The second-order valence-electron chi connectivity index (χ2n) is 5.86. The van der Waals surface area contributed by atoms with Gasteiger partial charge in [0.1, 0.15) is 0 Å². The zero-order valence-corrected chi connectivity index (χ0v) is 9.51. The van der Waals surface area contributed by atoms with Crippen LogP contribution in [0.15, 0.2) is 0 Å². The molecule has 1 aliphatic carbocycles. The van der Waals surface area contributed by atoms with Crippen LogP contribution in [0.25, 0.3) is 0 Å². The van der Waals surface area contributed by atoms with E-state index in [-0.39, 0.29) is 11.6 Å². The fourth-order valence-corrected chi connectivity index (χ4v) is 3.14. The molecule has 2 heteroatoms. The van der Waals surface area contributed by atoms with Gasteiger partial charge in [0.25, 0.3) is 0 Å². The predicted octanol–water partition coefficient (Wildman–Crippen LogP) is 2.46. The lowest BCUT2D eigenvalue weighted by atomic mass is 9.65. The van der Waals surface area contributed by atoms with E-state index in [1.807, 2.05) is 0 Å². The number of ether oxygens (including phenoxy) is 1. The van der Waals surface area contributed by atoms with Gasteiger partial charge < -0.3 is 10.5 Å². The van der Waals surface area contributed by atoms with Crippen molar-refractivity contribution in [2.75, 3.05) is 6.61 Å². The molecule has 0 radical (unpaired) electrons. The van der Waals surface area contributed by atoms with Crippen LogP contribution in [-0.4, -0.2) is 18.2 Å². The van der Waals surface area contributed by atoms with E-state index in [9.17, 15) is 0 Å². The normalized spacial score (nSPS) is 42.6. The molecule has 0 bridgehead atoms. The second kappa shape index (κ2) is 3.49. The summed E-state index contributed by atoms with van der Waals surface area (Å²) in [5.41, 5.74) is 6.69. The molecule has 1 aliphatic heterocycles. The highest BCUT2D eigenvalue weighted by Crippen LogP contribution is 2.46. The van der Waals surface area contributed by atoms with Crippen molar-refractivity contribution in [2.24, 2.45) is 11.1 Å². The number of nitrogens with two attached hydrogens (primary N) is 1. The Morgan fingerprint density at radius 2 is 2.00 bits per heavy atom. The molecule has 2 atom stereocenters. The van der Waals surface area contributed by atoms with Gasteiger partial charge in [0, 0.05) is 12.6 Å². The minimum Gasteiger partial charge on any atom is -0.373 e. The van der Waals surface area contributed by atoms with E-state index in [0.29, 0.717) is 5.41 Å². The molecule has 2 fully saturated rings. The average Bonchev–Trinajstić information content (AvgIpc) is 2.13. The van der Waals surface area contributed by atoms with Crippen molar-refractivity contribution in [3.8, 4) is 0 Å². The topological polar surface area (TPSA) is 35.2 Å². The van der Waals surface area contributed by atoms with E-state index in [1.54, 1.807) is 0 Å². The largest absolute Gasteiger partial charge is 0.373 e. The van der Waals surface area contributed by atoms with E-state index in [4.69, 9.17) is 10.5 Å². The smallest absolute Gasteiger partial charge is 0.0837 e. The number of rotatable bonds is 0. The zero-order valence-electron chi connectivity index (χ0n) is 9.51. The van der Waals surface area contributed by atoms with Gasteiger partial charge in [0.05, 0.1) is 5.60 Å². The Kier molecular flexibility index (Phi) is 2.61. The lowest BCUT2D eigenvalue weighted by Gasteiger charge is -2.50. The monoisotopic (exact) mass is 197 g/mol. The van der Waals surface area contributed by atoms with Gasteiger partial charge in [-0.15, -0.1) is 0 Å². The van der Waals surface area contributed by atoms with Crippen molar-refractivity contribution >= 4 is 0 Å². The van der Waals surface area contributed by atoms with Gasteiger partial charge in [-0.05, 0) is 43.9 Å². The van der Waals surface area contributed by atoms with Crippen molar-refractivity contribution in [3.63, 3.8) is 0 Å². The minimum absolute atomic E-state index is 0.0278. The van der Waals surface area contributed by atoms with E-state index >= 15 is 0 Å². The Balaban J connectivity index is 2.13. The molecular weight excluding hydrogens is 174 g/mol. The van der Waals surface area contributed by atoms with Crippen LogP contribution in [0.3, 0.4) is 0 Å². The van der Waals surface area contributed by atoms with Crippen molar-refractivity contribution in [1.29, 1.82) is 0 Å². The van der Waals surface area contributed by atoms with E-state index in [1.165, 1.54) is 25.7 Å². The summed E-state index contributed by atoms with van der Waals surface area (Å²) in [5.74, 6) is 0. The molecule has 2 N–H and O–H groups in total. The summed E-state index contributed by atoms with van der Waals surface area (Å²) in [7, 11) is 0. The molecule has 2 nitrogen and oxygen atoms in total. The maximum atomic E-state index is 6.24. The lowest BCUT2D eigenvalue weighted by molar-refractivity contribution is -0.135. The second-order valence-corrected chi connectivity index (χ2v) is 5.86. The third-order valence-electron chi connectivity index (χ3n) is 3.97. The van der Waals surface area contributed by atoms with Gasteiger partial charge in [0.2, 0.25) is 0 Å². The fraction of sp³-hybridized carbons (Fsp3) is 1.00. The van der Waals surface area contributed by atoms with Crippen LogP contribution in [0.4, 0.5) is 0 Å². The molecule has 1 spiro atoms. The van der Waals surface area contributed by atoms with Crippen LogP contribution in [-0.2, 0) is 4.74 Å². The van der Waals surface area contributed by atoms with Crippen molar-refractivity contribution in [1.82, 2.24) is 0 Å². The highest BCUT2D eigenvalue weighted by molar-refractivity contribution is 5.01. The average molecular weight is 197 g/mol. The molecule has 1 saturated heterocycles. The third-order valence-corrected chi connectivity index (χ3v) is 3.97. The van der Waals surface area contributed by atoms with E-state index in [0.717, 1.165) is 19.4 Å². The first-order chi connectivity index (χ1) is 6.54. The van der Waals surface area contributed by atoms with Crippen LogP contribution < -0.4 is 5.73 Å². The summed E-state index contributed by atoms with van der Waals surface area (Å²) in [6, 6.07) is 0.274. The number of hydrogen-bond donors (Lipinski definition) is 1. The van der Waals surface area contributed by atoms with Crippen LogP contribution in [0.2, 0.25) is 0 Å². The van der Waals surface area contributed by atoms with E-state index < -0.39 is 0 Å². The number of hydrogen-bond acceptors (Lipinski definition) is 2. The molecule has 2 aliphatic rings. The first kappa shape index (κ1) is 10.4. The van der Waals surface area contributed by atoms with Crippen LogP contribution in [0.5, 0.6) is 0 Å². The molecule has 1 heterocycles. The van der Waals surface area contributed by atoms with Crippen molar-refractivity contribution in [2.45, 2.75) is 64.0 Å². The summed E-state index contributed by atoms with van der Waals surface area (Å²) < 4.78 is 6.03. The quantitative estimate of drug-likeness (QED) is 0.647. The summed E-state index contributed by atoms with van der Waals surface area (Å²) in [5, 5.41) is 0. The Morgan fingerprint density at radius 3 is 2.64 bits per heavy atom. The first-order valence-corrected chi connectivity index (χ1v) is 5.94. The third kappa shape index (κ3) is 1.82. The zero-order chi connectivity index (χ0) is 10.2. The molecule has 0 unspecified atom stereocenters. The Morgan fingerprint density at radius 1 is 1.21 bits per heavy atom. The summed E-state index contributed by atoms with van der Waals surface area (Å²) >= 11 is 0. The first-order valence-electron chi connectivity index (χ1n) is 5.94. The lowest BCUT2D eigenvalue weighted by Crippen LogP contribution is -2.57. The van der Waals surface area contributed by atoms with Crippen LogP contribution >= 0.6 is 0 Å².